The van der Waals surface area contributed by atoms with Crippen LogP contribution in [0.25, 0.3) is 0 Å². The number of amidine groups is 1. The van der Waals surface area contributed by atoms with Crippen molar-refractivity contribution >= 4 is 28.8 Å². The van der Waals surface area contributed by atoms with Gasteiger partial charge < -0.3 is 24.4 Å². The van der Waals surface area contributed by atoms with E-state index in [2.05, 4.69) is 5.32 Å². The molecule has 4 rings (SSSR count). The Hall–Kier alpha value is -3.56. The average Bonchev–Trinajstić information content (AvgIpc) is 3.25. The lowest BCUT2D eigenvalue weighted by molar-refractivity contribution is -0.141. The first-order valence-electron chi connectivity index (χ1n) is 12.1. The molecule has 1 amide bonds. The van der Waals surface area contributed by atoms with Crippen LogP contribution in [-0.2, 0) is 19.1 Å². The van der Waals surface area contributed by atoms with E-state index >= 15 is 0 Å². The smallest absolute Gasteiger partial charge is 0.338 e. The molecule has 0 fully saturated rings. The molecule has 0 saturated carbocycles. The Morgan fingerprint density at radius 3 is 2.57 bits per heavy atom. The van der Waals surface area contributed by atoms with Gasteiger partial charge >= 0.3 is 5.97 Å². The summed E-state index contributed by atoms with van der Waals surface area (Å²) in [7, 11) is 1.55. The molecule has 37 heavy (non-hydrogen) atoms. The molecule has 1 N–H and O–H groups in total. The van der Waals surface area contributed by atoms with Gasteiger partial charge in [0.25, 0.3) is 0 Å². The molecule has 0 bridgehead atoms. The Balaban J connectivity index is 1.71. The molecule has 9 heteroatoms. The number of carbonyl (C=O) groups is 2. The summed E-state index contributed by atoms with van der Waals surface area (Å²) in [5, 5.41) is 5.57. The van der Waals surface area contributed by atoms with Gasteiger partial charge in [-0.1, -0.05) is 42.1 Å². The topological polar surface area (TPSA) is 89.5 Å². The predicted molar refractivity (Wildman–Crippen MR) is 144 cm³/mol. The van der Waals surface area contributed by atoms with Gasteiger partial charge in [-0.15, -0.1) is 0 Å². The van der Waals surface area contributed by atoms with Gasteiger partial charge in [0.2, 0.25) is 5.91 Å². The molecule has 2 aliphatic heterocycles. The number of allylic oxidation sites excluding steroid dienone is 1. The number of hydrogen-bond acceptors (Lipinski definition) is 8. The lowest BCUT2D eigenvalue weighted by Crippen LogP contribution is -2.38. The highest BCUT2D eigenvalue weighted by molar-refractivity contribution is 8.16. The third kappa shape index (κ3) is 6.42. The fraction of sp³-hybridized carbons (Fsp3) is 0.321. The highest BCUT2D eigenvalue weighted by atomic mass is 32.2. The average molecular weight is 522 g/mol. The van der Waals surface area contributed by atoms with Crippen molar-refractivity contribution in [1.82, 2.24) is 10.2 Å². The lowest BCUT2D eigenvalue weighted by Gasteiger charge is -2.36. The Morgan fingerprint density at radius 1 is 1.08 bits per heavy atom. The summed E-state index contributed by atoms with van der Waals surface area (Å²) >= 11 is 1.44. The number of methoxy groups -OCH3 is 1. The zero-order valence-electron chi connectivity index (χ0n) is 21.4. The lowest BCUT2D eigenvalue weighted by atomic mass is 9.93. The van der Waals surface area contributed by atoms with Crippen LogP contribution >= 0.6 is 11.8 Å². The van der Waals surface area contributed by atoms with E-state index in [9.17, 15) is 9.59 Å². The minimum Gasteiger partial charge on any atom is -0.460 e. The summed E-state index contributed by atoms with van der Waals surface area (Å²) in [6.07, 6.45) is 0.159. The molecule has 194 valence electrons. The quantitative estimate of drug-likeness (QED) is 0.341. The standard InChI is InChI=1S/C28H31N3O5S/c1-18(2)29-24(32)16-21-17-37-28-30-19(3)25(27(33)35-14-13-34-4)26(31(21)28)20-9-8-12-23(15-20)36-22-10-6-5-7-11-22/h5-12,15,17-18,26H,13-14,16H2,1-4H3,(H,29,32)/t26-/m0/s1. The predicted octanol–water partition coefficient (Wildman–Crippen LogP) is 5.16. The van der Waals surface area contributed by atoms with E-state index < -0.39 is 12.0 Å². The second kappa shape index (κ2) is 12.1. The van der Waals surface area contributed by atoms with E-state index in [1.807, 2.05) is 78.8 Å². The van der Waals surface area contributed by atoms with Crippen LogP contribution < -0.4 is 10.1 Å². The van der Waals surface area contributed by atoms with Gasteiger partial charge in [0.15, 0.2) is 5.17 Å². The van der Waals surface area contributed by atoms with E-state index in [1.54, 1.807) is 14.0 Å². The van der Waals surface area contributed by atoms with Crippen molar-refractivity contribution in [3.8, 4) is 11.5 Å². The molecule has 2 heterocycles. The number of hydrogen-bond donors (Lipinski definition) is 1. The van der Waals surface area contributed by atoms with Crippen LogP contribution in [0.1, 0.15) is 38.8 Å². The molecule has 8 nitrogen and oxygen atoms in total. The molecule has 0 unspecified atom stereocenters. The number of carbonyl (C=O) groups excluding carboxylic acids is 2. The number of nitrogens with zero attached hydrogens (tertiary/aromatic N) is 2. The number of para-hydroxylation sites is 1. The second-order valence-electron chi connectivity index (χ2n) is 8.91. The van der Waals surface area contributed by atoms with Crippen molar-refractivity contribution in [3.63, 3.8) is 0 Å². The Bertz CT molecular complexity index is 1240. The number of aliphatic imine (C=N–C) groups is 1. The van der Waals surface area contributed by atoms with Gasteiger partial charge in [0, 0.05) is 18.8 Å². The number of benzene rings is 2. The third-order valence-electron chi connectivity index (χ3n) is 5.69. The first-order valence-corrected chi connectivity index (χ1v) is 13.0. The monoisotopic (exact) mass is 521 g/mol. The van der Waals surface area contributed by atoms with Crippen molar-refractivity contribution in [1.29, 1.82) is 0 Å². The summed E-state index contributed by atoms with van der Waals surface area (Å²) in [5.41, 5.74) is 2.56. The maximum Gasteiger partial charge on any atom is 0.338 e. The van der Waals surface area contributed by atoms with E-state index in [0.29, 0.717) is 27.9 Å². The van der Waals surface area contributed by atoms with E-state index in [-0.39, 0.29) is 31.6 Å². The summed E-state index contributed by atoms with van der Waals surface area (Å²) in [6, 6.07) is 16.6. The number of rotatable bonds is 10. The molecule has 0 spiro atoms. The highest BCUT2D eigenvalue weighted by Crippen LogP contribution is 2.45. The largest absolute Gasteiger partial charge is 0.460 e. The number of ether oxygens (including phenoxy) is 3. The van der Waals surface area contributed by atoms with Crippen LogP contribution in [0.5, 0.6) is 11.5 Å². The zero-order chi connectivity index (χ0) is 26.4. The van der Waals surface area contributed by atoms with E-state index in [1.165, 1.54) is 11.8 Å². The van der Waals surface area contributed by atoms with Crippen molar-refractivity contribution in [2.24, 2.45) is 4.99 Å². The molecule has 2 aromatic rings. The number of thioether (sulfide) groups is 1. The summed E-state index contributed by atoms with van der Waals surface area (Å²) in [6.45, 7) is 6.06. The first kappa shape index (κ1) is 26.5. The molecule has 2 aromatic carbocycles. The van der Waals surface area contributed by atoms with Gasteiger partial charge in [0.1, 0.15) is 18.1 Å². The first-order chi connectivity index (χ1) is 17.9. The van der Waals surface area contributed by atoms with Crippen LogP contribution in [-0.4, -0.2) is 48.3 Å². The van der Waals surface area contributed by atoms with Crippen LogP contribution in [0.3, 0.4) is 0 Å². The number of nitrogens with one attached hydrogen (secondary N) is 1. The highest BCUT2D eigenvalue weighted by Gasteiger charge is 2.41. The SMILES string of the molecule is COCCOC(=O)C1=C(C)N=C2SC=C(CC(=O)NC(C)C)N2[C@H]1c1cccc(Oc2ccccc2)c1. The van der Waals surface area contributed by atoms with Crippen LogP contribution in [0.15, 0.2) is 82.0 Å². The zero-order valence-corrected chi connectivity index (χ0v) is 22.2. The van der Waals surface area contributed by atoms with Gasteiger partial charge in [-0.3, -0.25) is 4.79 Å². The number of amides is 1. The van der Waals surface area contributed by atoms with Crippen molar-refractivity contribution in [2.45, 2.75) is 39.3 Å². The fourth-order valence-corrected chi connectivity index (χ4v) is 5.12. The van der Waals surface area contributed by atoms with E-state index in [0.717, 1.165) is 11.3 Å². The summed E-state index contributed by atoms with van der Waals surface area (Å²) in [5.74, 6) is 0.768. The molecular weight excluding hydrogens is 490 g/mol. The Kier molecular flexibility index (Phi) is 8.68. The number of fused-ring (bicyclic) bond motifs is 1. The number of esters is 1. The maximum absolute atomic E-state index is 13.3. The minimum atomic E-state index is -0.546. The third-order valence-corrected chi connectivity index (χ3v) is 6.57. The molecular formula is C28H31N3O5S. The van der Waals surface area contributed by atoms with Gasteiger partial charge in [-0.25, -0.2) is 9.79 Å². The van der Waals surface area contributed by atoms with Crippen LogP contribution in [0, 0.1) is 0 Å². The summed E-state index contributed by atoms with van der Waals surface area (Å²) in [4.78, 5) is 32.7. The normalized spacial score (nSPS) is 16.8. The Morgan fingerprint density at radius 2 is 1.84 bits per heavy atom. The van der Waals surface area contributed by atoms with Crippen LogP contribution in [0.2, 0.25) is 0 Å². The molecule has 2 aliphatic rings. The molecule has 0 radical (unpaired) electrons. The van der Waals surface area contributed by atoms with Gasteiger partial charge in [0.05, 0.1) is 30.3 Å². The van der Waals surface area contributed by atoms with Crippen molar-refractivity contribution in [3.05, 3.63) is 82.5 Å². The van der Waals surface area contributed by atoms with Crippen molar-refractivity contribution in [2.75, 3.05) is 20.3 Å². The molecule has 0 aliphatic carbocycles. The maximum atomic E-state index is 13.3. The minimum absolute atomic E-state index is 0.0210. The summed E-state index contributed by atoms with van der Waals surface area (Å²) < 4.78 is 16.7. The Labute approximate surface area is 221 Å². The second-order valence-corrected chi connectivity index (χ2v) is 9.74. The van der Waals surface area contributed by atoms with Gasteiger partial charge in [-0.2, -0.15) is 0 Å². The van der Waals surface area contributed by atoms with E-state index in [4.69, 9.17) is 19.2 Å². The molecule has 0 saturated heterocycles. The van der Waals surface area contributed by atoms with Gasteiger partial charge in [-0.05, 0) is 56.0 Å². The fourth-order valence-electron chi connectivity index (χ4n) is 4.15. The molecule has 1 atom stereocenters. The molecule has 0 aromatic heterocycles. The van der Waals surface area contributed by atoms with Crippen LogP contribution in [0.4, 0.5) is 0 Å². The van der Waals surface area contributed by atoms with Crippen molar-refractivity contribution < 1.29 is 23.8 Å².